The molecule has 1 heterocycles. The molecule has 2 aromatic rings. The molecular formula is C25H31ClN2O5. The fraction of sp³-hybridized carbons (Fsp3) is 0.440. The van der Waals surface area contributed by atoms with Gasteiger partial charge in [0.15, 0.2) is 11.5 Å². The minimum absolute atomic E-state index is 0.0580. The molecule has 0 unspecified atom stereocenters. The van der Waals surface area contributed by atoms with Gasteiger partial charge < -0.3 is 24.0 Å². The minimum Gasteiger partial charge on any atom is -0.497 e. The van der Waals surface area contributed by atoms with Crippen molar-refractivity contribution in [2.24, 2.45) is 5.92 Å². The number of benzene rings is 2. The van der Waals surface area contributed by atoms with Crippen LogP contribution < -0.4 is 14.2 Å². The highest BCUT2D eigenvalue weighted by molar-refractivity contribution is 6.32. The molecule has 0 N–H and O–H groups in total. The van der Waals surface area contributed by atoms with Gasteiger partial charge in [-0.05, 0) is 48.7 Å². The quantitative estimate of drug-likeness (QED) is 0.568. The topological polar surface area (TPSA) is 68.3 Å². The lowest BCUT2D eigenvalue weighted by atomic mass is 10.1. The first-order valence-corrected chi connectivity index (χ1v) is 11.4. The first-order valence-electron chi connectivity index (χ1n) is 11.1. The van der Waals surface area contributed by atoms with E-state index in [-0.39, 0.29) is 11.8 Å². The Labute approximate surface area is 200 Å². The first-order chi connectivity index (χ1) is 15.8. The van der Waals surface area contributed by atoms with Gasteiger partial charge >= 0.3 is 0 Å². The van der Waals surface area contributed by atoms with Crippen LogP contribution >= 0.6 is 11.6 Å². The van der Waals surface area contributed by atoms with Gasteiger partial charge in [-0.25, -0.2) is 0 Å². The van der Waals surface area contributed by atoms with Gasteiger partial charge in [-0.3, -0.25) is 9.59 Å². The van der Waals surface area contributed by atoms with Gasteiger partial charge in [0, 0.05) is 37.3 Å². The van der Waals surface area contributed by atoms with Gasteiger partial charge in [0.05, 0.1) is 25.8 Å². The van der Waals surface area contributed by atoms with E-state index in [0.717, 1.165) is 6.42 Å². The zero-order valence-electron chi connectivity index (χ0n) is 19.6. The van der Waals surface area contributed by atoms with Crippen molar-refractivity contribution in [3.8, 4) is 17.2 Å². The second-order valence-corrected chi connectivity index (χ2v) is 8.74. The first kappa shape index (κ1) is 24.7. The van der Waals surface area contributed by atoms with Crippen LogP contribution in [-0.2, 0) is 0 Å². The van der Waals surface area contributed by atoms with Gasteiger partial charge in [0.1, 0.15) is 5.75 Å². The Kier molecular flexibility index (Phi) is 8.44. The van der Waals surface area contributed by atoms with Gasteiger partial charge in [-0.2, -0.15) is 0 Å². The molecule has 1 saturated heterocycles. The van der Waals surface area contributed by atoms with E-state index in [1.54, 1.807) is 53.3 Å². The maximum atomic E-state index is 13.1. The molecule has 178 valence electrons. The summed E-state index contributed by atoms with van der Waals surface area (Å²) in [6.45, 7) is 6.55. The average molecular weight is 475 g/mol. The van der Waals surface area contributed by atoms with Crippen molar-refractivity contribution in [3.63, 3.8) is 0 Å². The number of hydrogen-bond donors (Lipinski definition) is 0. The van der Waals surface area contributed by atoms with Gasteiger partial charge in [-0.1, -0.05) is 25.4 Å². The molecule has 1 aliphatic rings. The van der Waals surface area contributed by atoms with Crippen molar-refractivity contribution in [2.45, 2.75) is 20.3 Å². The standard InChI is InChI=1S/C25H31ClN2O5/c1-17(2)9-14-33-23-21(26)15-19(16-22(23)32-4)25(30)28-12-10-27(11-13-28)24(29)18-5-7-20(31-3)8-6-18/h5-8,15-17H,9-14H2,1-4H3. The lowest BCUT2D eigenvalue weighted by Gasteiger charge is -2.35. The summed E-state index contributed by atoms with van der Waals surface area (Å²) < 4.78 is 16.4. The van der Waals surface area contributed by atoms with Crippen LogP contribution in [0.4, 0.5) is 0 Å². The second kappa shape index (κ2) is 11.3. The molecule has 2 amide bonds. The Balaban J connectivity index is 1.63. The van der Waals surface area contributed by atoms with Crippen LogP contribution in [0.2, 0.25) is 5.02 Å². The normalized spacial score (nSPS) is 13.8. The Morgan fingerprint density at radius 1 is 0.909 bits per heavy atom. The van der Waals surface area contributed by atoms with E-state index in [1.807, 2.05) is 0 Å². The zero-order chi connectivity index (χ0) is 24.0. The van der Waals surface area contributed by atoms with Crippen LogP contribution in [0.1, 0.15) is 41.0 Å². The molecule has 7 nitrogen and oxygen atoms in total. The van der Waals surface area contributed by atoms with E-state index in [1.165, 1.54) is 7.11 Å². The third kappa shape index (κ3) is 6.11. The number of carbonyl (C=O) groups excluding carboxylic acids is 2. The summed E-state index contributed by atoms with van der Waals surface area (Å²) in [5.41, 5.74) is 1.03. The van der Waals surface area contributed by atoms with Crippen LogP contribution in [-0.4, -0.2) is 68.6 Å². The van der Waals surface area contributed by atoms with Crippen molar-refractivity contribution < 1.29 is 23.8 Å². The van der Waals surface area contributed by atoms with E-state index >= 15 is 0 Å². The molecule has 0 aromatic heterocycles. The number of hydrogen-bond acceptors (Lipinski definition) is 5. The number of piperazine rings is 1. The van der Waals surface area contributed by atoms with Crippen LogP contribution in [0.5, 0.6) is 17.2 Å². The molecule has 0 aliphatic carbocycles. The zero-order valence-corrected chi connectivity index (χ0v) is 20.4. The minimum atomic E-state index is -0.152. The summed E-state index contributed by atoms with van der Waals surface area (Å²) in [6, 6.07) is 10.3. The fourth-order valence-corrected chi connectivity index (χ4v) is 3.86. The number of ether oxygens (including phenoxy) is 3. The van der Waals surface area contributed by atoms with E-state index in [9.17, 15) is 9.59 Å². The van der Waals surface area contributed by atoms with E-state index < -0.39 is 0 Å². The number of rotatable bonds is 8. The largest absolute Gasteiger partial charge is 0.497 e. The van der Waals surface area contributed by atoms with Crippen LogP contribution in [0.15, 0.2) is 36.4 Å². The molecule has 0 radical (unpaired) electrons. The summed E-state index contributed by atoms with van der Waals surface area (Å²) >= 11 is 6.43. The van der Waals surface area contributed by atoms with Crippen LogP contribution in [0.3, 0.4) is 0 Å². The van der Waals surface area contributed by atoms with Crippen molar-refractivity contribution >= 4 is 23.4 Å². The molecule has 0 atom stereocenters. The Morgan fingerprint density at radius 2 is 1.48 bits per heavy atom. The highest BCUT2D eigenvalue weighted by atomic mass is 35.5. The van der Waals surface area contributed by atoms with E-state index in [0.29, 0.717) is 72.1 Å². The molecular weight excluding hydrogens is 444 g/mol. The smallest absolute Gasteiger partial charge is 0.254 e. The maximum absolute atomic E-state index is 13.1. The molecule has 3 rings (SSSR count). The molecule has 8 heteroatoms. The van der Waals surface area contributed by atoms with Gasteiger partial charge in [0.2, 0.25) is 0 Å². The van der Waals surface area contributed by atoms with Crippen molar-refractivity contribution in [1.29, 1.82) is 0 Å². The third-order valence-electron chi connectivity index (χ3n) is 5.61. The summed E-state index contributed by atoms with van der Waals surface area (Å²) in [5.74, 6) is 1.88. The number of methoxy groups -OCH3 is 2. The van der Waals surface area contributed by atoms with E-state index in [2.05, 4.69) is 13.8 Å². The summed E-state index contributed by atoms with van der Waals surface area (Å²) in [4.78, 5) is 29.4. The van der Waals surface area contributed by atoms with Crippen molar-refractivity contribution in [2.75, 3.05) is 47.0 Å². The number of amides is 2. The lowest BCUT2D eigenvalue weighted by molar-refractivity contribution is 0.0535. The Hall–Kier alpha value is -2.93. The monoisotopic (exact) mass is 474 g/mol. The lowest BCUT2D eigenvalue weighted by Crippen LogP contribution is -2.50. The predicted octanol–water partition coefficient (Wildman–Crippen LogP) is 4.38. The van der Waals surface area contributed by atoms with Crippen molar-refractivity contribution in [3.05, 3.63) is 52.5 Å². The third-order valence-corrected chi connectivity index (χ3v) is 5.89. The highest BCUT2D eigenvalue weighted by Gasteiger charge is 2.27. The molecule has 2 aromatic carbocycles. The molecule has 0 bridgehead atoms. The summed E-state index contributed by atoms with van der Waals surface area (Å²) in [7, 11) is 3.11. The summed E-state index contributed by atoms with van der Waals surface area (Å²) in [5, 5.41) is 0.342. The molecule has 1 fully saturated rings. The molecule has 33 heavy (non-hydrogen) atoms. The van der Waals surface area contributed by atoms with Crippen LogP contribution in [0, 0.1) is 5.92 Å². The molecule has 1 aliphatic heterocycles. The van der Waals surface area contributed by atoms with Gasteiger partial charge in [-0.15, -0.1) is 0 Å². The Morgan fingerprint density at radius 3 is 2.00 bits per heavy atom. The Bertz CT molecular complexity index is 970. The number of nitrogens with zero attached hydrogens (tertiary/aromatic N) is 2. The average Bonchev–Trinajstić information content (AvgIpc) is 2.83. The van der Waals surface area contributed by atoms with Gasteiger partial charge in [0.25, 0.3) is 11.8 Å². The maximum Gasteiger partial charge on any atom is 0.254 e. The van der Waals surface area contributed by atoms with Crippen molar-refractivity contribution in [1.82, 2.24) is 9.80 Å². The second-order valence-electron chi connectivity index (χ2n) is 8.33. The van der Waals surface area contributed by atoms with E-state index in [4.69, 9.17) is 25.8 Å². The van der Waals surface area contributed by atoms with Crippen LogP contribution in [0.25, 0.3) is 0 Å². The predicted molar refractivity (Wildman–Crippen MR) is 128 cm³/mol. The number of carbonyl (C=O) groups is 2. The number of halogens is 1. The molecule has 0 spiro atoms. The highest BCUT2D eigenvalue weighted by Crippen LogP contribution is 2.37. The molecule has 0 saturated carbocycles. The fourth-order valence-electron chi connectivity index (χ4n) is 3.59. The summed E-state index contributed by atoms with van der Waals surface area (Å²) in [6.07, 6.45) is 0.889. The SMILES string of the molecule is COc1ccc(C(=O)N2CCN(C(=O)c3cc(Cl)c(OCCC(C)C)c(OC)c3)CC2)cc1.